The van der Waals surface area contributed by atoms with E-state index in [1.165, 1.54) is 0 Å². The molecule has 1 saturated heterocycles. The first-order chi connectivity index (χ1) is 12.5. The highest BCUT2D eigenvalue weighted by Crippen LogP contribution is 2.15. The zero-order valence-corrected chi connectivity index (χ0v) is 15.1. The van der Waals surface area contributed by atoms with Crippen LogP contribution in [0.15, 0.2) is 24.3 Å². The van der Waals surface area contributed by atoms with E-state index < -0.39 is 18.0 Å². The van der Waals surface area contributed by atoms with Gasteiger partial charge >= 0.3 is 12.0 Å². The number of ether oxygens (including phenoxy) is 1. The fourth-order valence-electron chi connectivity index (χ4n) is 2.84. The lowest BCUT2D eigenvalue weighted by Gasteiger charge is -2.35. The molecule has 0 radical (unpaired) electrons. The Kier molecular flexibility index (Phi) is 6.82. The summed E-state index contributed by atoms with van der Waals surface area (Å²) in [4.78, 5) is 39.2. The van der Waals surface area contributed by atoms with Crippen molar-refractivity contribution in [2.45, 2.75) is 25.8 Å². The Balaban J connectivity index is 1.90. The fraction of sp³-hybridized carbons (Fsp3) is 0.500. The number of urea groups is 1. The van der Waals surface area contributed by atoms with Gasteiger partial charge < -0.3 is 25.0 Å². The molecule has 2 N–H and O–H groups in total. The Morgan fingerprint density at radius 1 is 1.19 bits per heavy atom. The van der Waals surface area contributed by atoms with E-state index in [1.54, 1.807) is 41.2 Å². The van der Waals surface area contributed by atoms with E-state index in [4.69, 9.17) is 9.84 Å². The van der Waals surface area contributed by atoms with Gasteiger partial charge in [-0.05, 0) is 24.6 Å². The van der Waals surface area contributed by atoms with E-state index in [-0.39, 0.29) is 5.91 Å². The van der Waals surface area contributed by atoms with Gasteiger partial charge in [0.25, 0.3) is 5.91 Å². The van der Waals surface area contributed by atoms with Crippen LogP contribution in [0, 0.1) is 0 Å². The van der Waals surface area contributed by atoms with Crippen molar-refractivity contribution >= 4 is 17.9 Å². The van der Waals surface area contributed by atoms with Crippen molar-refractivity contribution in [3.05, 3.63) is 29.8 Å². The van der Waals surface area contributed by atoms with Gasteiger partial charge in [-0.3, -0.25) is 4.79 Å². The van der Waals surface area contributed by atoms with Gasteiger partial charge in [0.2, 0.25) is 0 Å². The van der Waals surface area contributed by atoms with Crippen LogP contribution in [0.2, 0.25) is 0 Å². The standard InChI is InChI=1S/C18H25N3O5/c1-3-5-15(17(23)24)19-18(25)21-10-8-20(9-11-21)16(22)13-6-4-7-14(12-13)26-2/h4,6-7,12,15H,3,5,8-11H2,1-2H3,(H,19,25)(H,23,24)/t15-/m1/s1. The third-order valence-corrected chi connectivity index (χ3v) is 4.34. The van der Waals surface area contributed by atoms with Gasteiger partial charge in [-0.15, -0.1) is 0 Å². The first-order valence-electron chi connectivity index (χ1n) is 8.67. The number of methoxy groups -OCH3 is 1. The van der Waals surface area contributed by atoms with Crippen molar-refractivity contribution in [2.75, 3.05) is 33.3 Å². The summed E-state index contributed by atoms with van der Waals surface area (Å²) in [6, 6.07) is 5.66. The Bertz CT molecular complexity index is 656. The maximum absolute atomic E-state index is 12.6. The predicted molar refractivity (Wildman–Crippen MR) is 95.3 cm³/mol. The molecule has 2 rings (SSSR count). The molecular weight excluding hydrogens is 338 g/mol. The maximum Gasteiger partial charge on any atom is 0.326 e. The zero-order chi connectivity index (χ0) is 19.1. The van der Waals surface area contributed by atoms with Gasteiger partial charge in [0, 0.05) is 31.7 Å². The highest BCUT2D eigenvalue weighted by Gasteiger charge is 2.27. The molecule has 0 bridgehead atoms. The van der Waals surface area contributed by atoms with Crippen LogP contribution in [0.1, 0.15) is 30.1 Å². The smallest absolute Gasteiger partial charge is 0.326 e. The van der Waals surface area contributed by atoms with E-state index in [0.29, 0.717) is 50.3 Å². The molecule has 1 atom stereocenters. The SMILES string of the molecule is CCC[C@@H](NC(=O)N1CCN(C(=O)c2cccc(OC)c2)CC1)C(=O)O. The van der Waals surface area contributed by atoms with Crippen LogP contribution >= 0.6 is 0 Å². The van der Waals surface area contributed by atoms with Crippen LogP contribution in [-0.4, -0.2) is 72.1 Å². The molecule has 26 heavy (non-hydrogen) atoms. The molecule has 1 aliphatic heterocycles. The van der Waals surface area contributed by atoms with Crippen molar-refractivity contribution in [1.82, 2.24) is 15.1 Å². The molecule has 3 amide bonds. The number of nitrogens with one attached hydrogen (secondary N) is 1. The molecule has 0 aromatic heterocycles. The van der Waals surface area contributed by atoms with Crippen LogP contribution in [0.25, 0.3) is 0 Å². The zero-order valence-electron chi connectivity index (χ0n) is 15.1. The van der Waals surface area contributed by atoms with Gasteiger partial charge in [-0.1, -0.05) is 19.4 Å². The van der Waals surface area contributed by atoms with Gasteiger partial charge in [-0.25, -0.2) is 9.59 Å². The highest BCUT2D eigenvalue weighted by molar-refractivity contribution is 5.94. The third kappa shape index (κ3) is 4.87. The number of carbonyl (C=O) groups excluding carboxylic acids is 2. The third-order valence-electron chi connectivity index (χ3n) is 4.34. The van der Waals surface area contributed by atoms with Crippen molar-refractivity contribution in [2.24, 2.45) is 0 Å². The van der Waals surface area contributed by atoms with Crippen LogP contribution in [-0.2, 0) is 4.79 Å². The molecule has 8 heteroatoms. The summed E-state index contributed by atoms with van der Waals surface area (Å²) in [7, 11) is 1.55. The average Bonchev–Trinajstić information content (AvgIpc) is 2.67. The second-order valence-corrected chi connectivity index (χ2v) is 6.14. The quantitative estimate of drug-likeness (QED) is 0.796. The lowest BCUT2D eigenvalue weighted by Crippen LogP contribution is -2.55. The van der Waals surface area contributed by atoms with E-state index in [1.807, 2.05) is 6.92 Å². The summed E-state index contributed by atoms with van der Waals surface area (Å²) in [5.41, 5.74) is 0.538. The number of carboxylic acids is 1. The number of aliphatic carboxylic acids is 1. The largest absolute Gasteiger partial charge is 0.497 e. The lowest BCUT2D eigenvalue weighted by molar-refractivity contribution is -0.139. The molecule has 1 heterocycles. The predicted octanol–water partition coefficient (Wildman–Crippen LogP) is 1.42. The fourth-order valence-corrected chi connectivity index (χ4v) is 2.84. The Hall–Kier alpha value is -2.77. The Morgan fingerprint density at radius 2 is 1.85 bits per heavy atom. The molecule has 1 fully saturated rings. The number of rotatable bonds is 6. The summed E-state index contributed by atoms with van der Waals surface area (Å²) in [5, 5.41) is 11.7. The molecule has 1 aromatic rings. The first kappa shape index (κ1) is 19.6. The summed E-state index contributed by atoms with van der Waals surface area (Å²) in [5.74, 6) is -0.533. The van der Waals surface area contributed by atoms with Crippen LogP contribution < -0.4 is 10.1 Å². The van der Waals surface area contributed by atoms with Crippen molar-refractivity contribution in [3.63, 3.8) is 0 Å². The first-order valence-corrected chi connectivity index (χ1v) is 8.67. The molecule has 8 nitrogen and oxygen atoms in total. The highest BCUT2D eigenvalue weighted by atomic mass is 16.5. The number of hydrogen-bond donors (Lipinski definition) is 2. The monoisotopic (exact) mass is 363 g/mol. The van der Waals surface area contributed by atoms with Gasteiger partial charge in [0.1, 0.15) is 11.8 Å². The van der Waals surface area contributed by atoms with Gasteiger partial charge in [0.05, 0.1) is 7.11 Å². The number of piperazine rings is 1. The number of carbonyl (C=O) groups is 3. The number of carboxylic acid groups (broad SMARTS) is 1. The minimum Gasteiger partial charge on any atom is -0.497 e. The topological polar surface area (TPSA) is 99.2 Å². The van der Waals surface area contributed by atoms with E-state index in [0.717, 1.165) is 0 Å². The minimum atomic E-state index is -1.04. The normalized spacial score (nSPS) is 15.3. The minimum absolute atomic E-state index is 0.113. The second kappa shape index (κ2) is 9.07. The lowest BCUT2D eigenvalue weighted by atomic mass is 10.1. The van der Waals surface area contributed by atoms with Crippen LogP contribution in [0.4, 0.5) is 4.79 Å². The number of benzene rings is 1. The average molecular weight is 363 g/mol. The Morgan fingerprint density at radius 3 is 2.42 bits per heavy atom. The van der Waals surface area contributed by atoms with E-state index in [2.05, 4.69) is 5.32 Å². The van der Waals surface area contributed by atoms with Crippen LogP contribution in [0.3, 0.4) is 0 Å². The molecular formula is C18H25N3O5. The molecule has 0 spiro atoms. The summed E-state index contributed by atoms with van der Waals surface area (Å²) < 4.78 is 5.14. The molecule has 0 aliphatic carbocycles. The number of nitrogens with zero attached hydrogens (tertiary/aromatic N) is 2. The van der Waals surface area contributed by atoms with E-state index in [9.17, 15) is 14.4 Å². The summed E-state index contributed by atoms with van der Waals surface area (Å²) in [6.07, 6.45) is 1.05. The molecule has 1 aromatic carbocycles. The molecule has 1 aliphatic rings. The number of hydrogen-bond acceptors (Lipinski definition) is 4. The van der Waals surface area contributed by atoms with Gasteiger partial charge in [-0.2, -0.15) is 0 Å². The molecule has 0 unspecified atom stereocenters. The Labute approximate surface area is 152 Å². The van der Waals surface area contributed by atoms with Crippen molar-refractivity contribution in [1.29, 1.82) is 0 Å². The van der Waals surface area contributed by atoms with Crippen molar-refractivity contribution in [3.8, 4) is 5.75 Å². The van der Waals surface area contributed by atoms with Gasteiger partial charge in [0.15, 0.2) is 0 Å². The van der Waals surface area contributed by atoms with Crippen LogP contribution in [0.5, 0.6) is 5.75 Å². The summed E-state index contributed by atoms with van der Waals surface area (Å²) >= 11 is 0. The van der Waals surface area contributed by atoms with Crippen molar-refractivity contribution < 1.29 is 24.2 Å². The number of amides is 3. The second-order valence-electron chi connectivity index (χ2n) is 6.14. The summed E-state index contributed by atoms with van der Waals surface area (Å²) in [6.45, 7) is 3.38. The maximum atomic E-state index is 12.6. The van der Waals surface area contributed by atoms with E-state index >= 15 is 0 Å². The molecule has 0 saturated carbocycles. The molecule has 142 valence electrons.